The summed E-state index contributed by atoms with van der Waals surface area (Å²) in [6, 6.07) is 3.62. The molecule has 0 bridgehead atoms. The zero-order valence-corrected chi connectivity index (χ0v) is 13.8. The van der Waals surface area contributed by atoms with Crippen LogP contribution in [0.5, 0.6) is 0 Å². The number of hydrogen-bond donors (Lipinski definition) is 2. The van der Waals surface area contributed by atoms with Gasteiger partial charge in [0, 0.05) is 13.6 Å². The molecule has 0 saturated carbocycles. The second-order valence-electron chi connectivity index (χ2n) is 6.28. The van der Waals surface area contributed by atoms with Gasteiger partial charge >= 0.3 is 6.09 Å². The van der Waals surface area contributed by atoms with Crippen LogP contribution in [-0.2, 0) is 24.4 Å². The predicted molar refractivity (Wildman–Crippen MR) is 83.3 cm³/mol. The van der Waals surface area contributed by atoms with E-state index in [1.165, 1.54) is 0 Å². The van der Waals surface area contributed by atoms with Crippen LogP contribution in [0.15, 0.2) is 12.1 Å². The van der Waals surface area contributed by atoms with Crippen molar-refractivity contribution in [1.29, 1.82) is 0 Å². The van der Waals surface area contributed by atoms with Crippen molar-refractivity contribution in [3.8, 4) is 0 Å². The molecular weight excluding hydrogens is 284 g/mol. The summed E-state index contributed by atoms with van der Waals surface area (Å²) in [6.07, 6.45) is 1.15. The van der Waals surface area contributed by atoms with Gasteiger partial charge < -0.3 is 19.8 Å². The zero-order chi connectivity index (χ0) is 16.8. The quantitative estimate of drug-likeness (QED) is 0.838. The normalized spacial score (nSPS) is 11.4. The van der Waals surface area contributed by atoms with Crippen LogP contribution in [0.2, 0.25) is 0 Å². The monoisotopic (exact) mass is 310 g/mol. The topological polar surface area (TPSA) is 82.9 Å². The molecule has 0 spiro atoms. The van der Waals surface area contributed by atoms with Gasteiger partial charge in [0.15, 0.2) is 0 Å². The molecule has 1 aromatic heterocycles. The number of amides is 1. The van der Waals surface area contributed by atoms with Crippen molar-refractivity contribution in [2.24, 2.45) is 0 Å². The van der Waals surface area contributed by atoms with Gasteiger partial charge in [0.1, 0.15) is 5.60 Å². The highest BCUT2D eigenvalue weighted by molar-refractivity contribution is 5.67. The van der Waals surface area contributed by atoms with Crippen LogP contribution in [0.3, 0.4) is 0 Å². The third kappa shape index (κ3) is 6.41. The first-order valence-corrected chi connectivity index (χ1v) is 7.39. The summed E-state index contributed by atoms with van der Waals surface area (Å²) in [5.41, 5.74) is 1.58. The average molecular weight is 310 g/mol. The van der Waals surface area contributed by atoms with Crippen molar-refractivity contribution in [1.82, 2.24) is 9.88 Å². The second kappa shape index (κ2) is 8.10. The molecule has 1 aromatic rings. The summed E-state index contributed by atoms with van der Waals surface area (Å²) >= 11 is 0. The Labute approximate surface area is 131 Å². The lowest BCUT2D eigenvalue weighted by Gasteiger charge is -2.24. The number of aromatic nitrogens is 1. The highest BCUT2D eigenvalue weighted by atomic mass is 16.6. The summed E-state index contributed by atoms with van der Waals surface area (Å²) in [5, 5.41) is 18.3. The van der Waals surface area contributed by atoms with Gasteiger partial charge in [0.25, 0.3) is 0 Å². The van der Waals surface area contributed by atoms with Crippen molar-refractivity contribution in [2.45, 2.75) is 52.4 Å². The number of ether oxygens (including phenoxy) is 1. The Bertz CT molecular complexity index is 475. The van der Waals surface area contributed by atoms with E-state index in [9.17, 15) is 4.79 Å². The maximum Gasteiger partial charge on any atom is 0.410 e. The number of carbonyl (C=O) groups is 1. The number of nitrogens with zero attached hydrogens (tertiary/aromatic N) is 2. The highest BCUT2D eigenvalue weighted by Gasteiger charge is 2.19. The zero-order valence-electron chi connectivity index (χ0n) is 13.8. The van der Waals surface area contributed by atoms with Gasteiger partial charge in [-0.1, -0.05) is 0 Å². The van der Waals surface area contributed by atoms with Crippen LogP contribution in [-0.4, -0.2) is 45.4 Å². The Morgan fingerprint density at radius 3 is 2.23 bits per heavy atom. The lowest BCUT2D eigenvalue weighted by molar-refractivity contribution is 0.0297. The fourth-order valence-corrected chi connectivity index (χ4v) is 1.98. The van der Waals surface area contributed by atoms with Crippen LogP contribution in [0.4, 0.5) is 4.79 Å². The first-order chi connectivity index (χ1) is 10.2. The van der Waals surface area contributed by atoms with E-state index >= 15 is 0 Å². The fraction of sp³-hybridized carbons (Fsp3) is 0.625. The maximum atomic E-state index is 11.8. The third-order valence-electron chi connectivity index (χ3n) is 2.98. The highest BCUT2D eigenvalue weighted by Crippen LogP contribution is 2.12. The maximum absolute atomic E-state index is 11.8. The van der Waals surface area contributed by atoms with Gasteiger partial charge in [0.2, 0.25) is 0 Å². The van der Waals surface area contributed by atoms with E-state index in [-0.39, 0.29) is 19.3 Å². The number of pyridine rings is 1. The Hall–Kier alpha value is -1.66. The van der Waals surface area contributed by atoms with E-state index in [1.54, 1.807) is 11.9 Å². The molecule has 0 aromatic carbocycles. The van der Waals surface area contributed by atoms with Crippen LogP contribution in [0.1, 0.15) is 44.1 Å². The van der Waals surface area contributed by atoms with Crippen LogP contribution in [0, 0.1) is 0 Å². The van der Waals surface area contributed by atoms with Crippen molar-refractivity contribution < 1.29 is 19.7 Å². The number of rotatable bonds is 6. The van der Waals surface area contributed by atoms with Gasteiger partial charge in [-0.2, -0.15) is 0 Å². The molecule has 2 N–H and O–H groups in total. The molecule has 0 fully saturated rings. The first-order valence-electron chi connectivity index (χ1n) is 7.39. The molecule has 0 aliphatic heterocycles. The van der Waals surface area contributed by atoms with E-state index in [0.29, 0.717) is 17.9 Å². The molecule has 0 aliphatic carbocycles. The van der Waals surface area contributed by atoms with Crippen molar-refractivity contribution in [3.63, 3.8) is 0 Å². The number of carbonyl (C=O) groups excluding carboxylic acids is 1. The lowest BCUT2D eigenvalue weighted by atomic mass is 10.1. The number of aliphatic hydroxyl groups excluding tert-OH is 2. The standard InChI is InChI=1S/C16H26N2O4/c1-16(2,3)22-15(21)18(4)7-5-6-12-8-13(10-19)17-14(9-12)11-20/h8-9,19-20H,5-7,10-11H2,1-4H3. The number of aliphatic hydroxyl groups is 2. The Kier molecular flexibility index (Phi) is 6.77. The van der Waals surface area contributed by atoms with E-state index in [1.807, 2.05) is 32.9 Å². The minimum atomic E-state index is -0.498. The fourth-order valence-electron chi connectivity index (χ4n) is 1.98. The molecule has 1 rings (SSSR count). The van der Waals surface area contributed by atoms with Gasteiger partial charge in [-0.3, -0.25) is 4.98 Å². The molecule has 0 aliphatic rings. The molecule has 0 radical (unpaired) electrons. The number of hydrogen-bond acceptors (Lipinski definition) is 5. The van der Waals surface area contributed by atoms with E-state index in [2.05, 4.69) is 4.98 Å². The number of aryl methyl sites for hydroxylation is 1. The smallest absolute Gasteiger partial charge is 0.410 e. The molecule has 6 nitrogen and oxygen atoms in total. The summed E-state index contributed by atoms with van der Waals surface area (Å²) in [4.78, 5) is 17.5. The molecule has 0 unspecified atom stereocenters. The van der Waals surface area contributed by atoms with Crippen LogP contribution in [0.25, 0.3) is 0 Å². The predicted octanol–water partition coefficient (Wildman–Crippen LogP) is 1.87. The van der Waals surface area contributed by atoms with E-state index < -0.39 is 5.60 Å². The molecule has 1 heterocycles. The molecule has 0 atom stereocenters. The summed E-state index contributed by atoms with van der Waals surface area (Å²) in [5.74, 6) is 0. The minimum absolute atomic E-state index is 0.154. The molecular formula is C16H26N2O4. The summed E-state index contributed by atoms with van der Waals surface area (Å²) in [7, 11) is 1.71. The van der Waals surface area contributed by atoms with Gasteiger partial charge in [-0.25, -0.2) is 4.79 Å². The van der Waals surface area contributed by atoms with Crippen LogP contribution >= 0.6 is 0 Å². The Morgan fingerprint density at radius 2 is 1.77 bits per heavy atom. The second-order valence-corrected chi connectivity index (χ2v) is 6.28. The van der Waals surface area contributed by atoms with Crippen molar-refractivity contribution >= 4 is 6.09 Å². The van der Waals surface area contributed by atoms with Crippen LogP contribution < -0.4 is 0 Å². The van der Waals surface area contributed by atoms with Gasteiger partial charge in [-0.05, 0) is 51.3 Å². The molecule has 0 saturated heterocycles. The van der Waals surface area contributed by atoms with Gasteiger partial charge in [0.05, 0.1) is 24.6 Å². The van der Waals surface area contributed by atoms with Crippen molar-refractivity contribution in [3.05, 3.63) is 29.1 Å². The Morgan fingerprint density at radius 1 is 1.23 bits per heavy atom. The molecule has 124 valence electrons. The first kappa shape index (κ1) is 18.4. The largest absolute Gasteiger partial charge is 0.444 e. The molecule has 6 heteroatoms. The molecule has 1 amide bonds. The summed E-state index contributed by atoms with van der Waals surface area (Å²) < 4.78 is 5.29. The lowest BCUT2D eigenvalue weighted by Crippen LogP contribution is -2.34. The average Bonchev–Trinajstić information content (AvgIpc) is 2.44. The minimum Gasteiger partial charge on any atom is -0.444 e. The Balaban J connectivity index is 2.51. The molecule has 22 heavy (non-hydrogen) atoms. The van der Waals surface area contributed by atoms with Gasteiger partial charge in [-0.15, -0.1) is 0 Å². The SMILES string of the molecule is CN(CCCc1cc(CO)nc(CO)c1)C(=O)OC(C)(C)C. The van der Waals surface area contributed by atoms with Crippen molar-refractivity contribution in [2.75, 3.05) is 13.6 Å². The summed E-state index contributed by atoms with van der Waals surface area (Å²) in [6.45, 7) is 5.77. The van der Waals surface area contributed by atoms with E-state index in [4.69, 9.17) is 14.9 Å². The van der Waals surface area contributed by atoms with E-state index in [0.717, 1.165) is 18.4 Å². The third-order valence-corrected chi connectivity index (χ3v) is 2.98.